The standard InChI is InChI=1S/C22H24N2O2/c1-15-10-11-18(26-13-12-23)14-21(15)22(25)24-16(2)19-9-5-7-17-6-3-4-8-20(17)19/h3-11,14,16H,12-13,23H2,1-2H3,(H,24,25). The summed E-state index contributed by atoms with van der Waals surface area (Å²) in [6.45, 7) is 4.79. The molecule has 1 atom stereocenters. The van der Waals surface area contributed by atoms with Crippen molar-refractivity contribution in [2.24, 2.45) is 5.73 Å². The summed E-state index contributed by atoms with van der Waals surface area (Å²) in [6, 6.07) is 19.8. The third-order valence-corrected chi connectivity index (χ3v) is 4.48. The molecule has 0 fully saturated rings. The predicted octanol–water partition coefficient (Wildman–Crippen LogP) is 3.98. The van der Waals surface area contributed by atoms with Crippen molar-refractivity contribution in [3.8, 4) is 5.75 Å². The van der Waals surface area contributed by atoms with E-state index in [-0.39, 0.29) is 11.9 Å². The zero-order valence-electron chi connectivity index (χ0n) is 15.2. The van der Waals surface area contributed by atoms with Crippen LogP contribution in [0.4, 0.5) is 0 Å². The van der Waals surface area contributed by atoms with Crippen molar-refractivity contribution >= 4 is 16.7 Å². The summed E-state index contributed by atoms with van der Waals surface area (Å²) in [7, 11) is 0. The number of ether oxygens (including phenoxy) is 1. The molecule has 26 heavy (non-hydrogen) atoms. The summed E-state index contributed by atoms with van der Waals surface area (Å²) < 4.78 is 5.54. The number of carbonyl (C=O) groups excluding carboxylic acids is 1. The highest BCUT2D eigenvalue weighted by molar-refractivity contribution is 5.96. The number of carbonyl (C=O) groups is 1. The molecule has 0 aromatic heterocycles. The molecule has 1 amide bonds. The van der Waals surface area contributed by atoms with Crippen molar-refractivity contribution in [3.63, 3.8) is 0 Å². The smallest absolute Gasteiger partial charge is 0.252 e. The highest BCUT2D eigenvalue weighted by atomic mass is 16.5. The molecule has 0 aliphatic carbocycles. The second kappa shape index (κ2) is 8.02. The molecule has 4 nitrogen and oxygen atoms in total. The molecule has 0 radical (unpaired) electrons. The maximum Gasteiger partial charge on any atom is 0.252 e. The molecule has 1 unspecified atom stereocenters. The Labute approximate surface area is 154 Å². The van der Waals surface area contributed by atoms with E-state index in [0.717, 1.165) is 16.5 Å². The van der Waals surface area contributed by atoms with Crippen molar-refractivity contribution in [2.45, 2.75) is 19.9 Å². The molecule has 0 aliphatic heterocycles. The van der Waals surface area contributed by atoms with Crippen LogP contribution >= 0.6 is 0 Å². The molecule has 0 heterocycles. The summed E-state index contributed by atoms with van der Waals surface area (Å²) >= 11 is 0. The topological polar surface area (TPSA) is 64.3 Å². The van der Waals surface area contributed by atoms with Gasteiger partial charge < -0.3 is 15.8 Å². The van der Waals surface area contributed by atoms with Gasteiger partial charge in [-0.2, -0.15) is 0 Å². The van der Waals surface area contributed by atoms with Crippen LogP contribution in [-0.2, 0) is 0 Å². The van der Waals surface area contributed by atoms with Crippen molar-refractivity contribution < 1.29 is 9.53 Å². The number of aryl methyl sites for hydroxylation is 1. The van der Waals surface area contributed by atoms with E-state index in [1.807, 2.05) is 44.2 Å². The Kier molecular flexibility index (Phi) is 5.54. The van der Waals surface area contributed by atoms with Gasteiger partial charge >= 0.3 is 0 Å². The highest BCUT2D eigenvalue weighted by Crippen LogP contribution is 2.25. The zero-order valence-corrected chi connectivity index (χ0v) is 15.2. The first kappa shape index (κ1) is 18.0. The zero-order chi connectivity index (χ0) is 18.5. The lowest BCUT2D eigenvalue weighted by atomic mass is 9.99. The van der Waals surface area contributed by atoms with Gasteiger partial charge in [-0.15, -0.1) is 0 Å². The molecule has 0 saturated carbocycles. The highest BCUT2D eigenvalue weighted by Gasteiger charge is 2.16. The van der Waals surface area contributed by atoms with Gasteiger partial charge in [0.15, 0.2) is 0 Å². The summed E-state index contributed by atoms with van der Waals surface area (Å²) in [4.78, 5) is 12.8. The molecule has 0 saturated heterocycles. The van der Waals surface area contributed by atoms with Crippen molar-refractivity contribution in [1.29, 1.82) is 0 Å². The monoisotopic (exact) mass is 348 g/mol. The van der Waals surface area contributed by atoms with Gasteiger partial charge in [-0.25, -0.2) is 0 Å². The van der Waals surface area contributed by atoms with Crippen molar-refractivity contribution in [2.75, 3.05) is 13.2 Å². The van der Waals surface area contributed by atoms with E-state index in [2.05, 4.69) is 29.6 Å². The summed E-state index contributed by atoms with van der Waals surface area (Å²) in [5.41, 5.74) is 8.10. The van der Waals surface area contributed by atoms with Gasteiger partial charge in [0.25, 0.3) is 5.91 Å². The average molecular weight is 348 g/mol. The third kappa shape index (κ3) is 3.86. The van der Waals surface area contributed by atoms with E-state index in [1.165, 1.54) is 5.39 Å². The molecule has 0 spiro atoms. The lowest BCUT2D eigenvalue weighted by Gasteiger charge is -2.18. The third-order valence-electron chi connectivity index (χ3n) is 4.48. The van der Waals surface area contributed by atoms with E-state index in [4.69, 9.17) is 10.5 Å². The van der Waals surface area contributed by atoms with E-state index in [0.29, 0.717) is 24.5 Å². The van der Waals surface area contributed by atoms with Gasteiger partial charge in [0.2, 0.25) is 0 Å². The summed E-state index contributed by atoms with van der Waals surface area (Å²) in [6.07, 6.45) is 0. The van der Waals surface area contributed by atoms with Gasteiger partial charge in [-0.05, 0) is 47.9 Å². The van der Waals surface area contributed by atoms with Crippen LogP contribution in [0.3, 0.4) is 0 Å². The minimum Gasteiger partial charge on any atom is -0.492 e. The molecular formula is C22H24N2O2. The Morgan fingerprint density at radius 1 is 1.12 bits per heavy atom. The molecule has 134 valence electrons. The van der Waals surface area contributed by atoms with Crippen LogP contribution in [0.5, 0.6) is 5.75 Å². The van der Waals surface area contributed by atoms with Crippen LogP contribution in [0.15, 0.2) is 60.7 Å². The van der Waals surface area contributed by atoms with Gasteiger partial charge in [0.05, 0.1) is 6.04 Å². The molecule has 3 aromatic carbocycles. The van der Waals surface area contributed by atoms with Gasteiger partial charge in [0, 0.05) is 12.1 Å². The second-order valence-corrected chi connectivity index (χ2v) is 6.38. The Balaban J connectivity index is 1.83. The van der Waals surface area contributed by atoms with Crippen LogP contribution in [0.25, 0.3) is 10.8 Å². The first-order chi connectivity index (χ1) is 12.6. The Bertz CT molecular complexity index is 916. The first-order valence-corrected chi connectivity index (χ1v) is 8.82. The molecule has 3 aromatic rings. The van der Waals surface area contributed by atoms with Crippen LogP contribution in [0.1, 0.15) is 34.5 Å². The van der Waals surface area contributed by atoms with Gasteiger partial charge in [0.1, 0.15) is 12.4 Å². The SMILES string of the molecule is Cc1ccc(OCCN)cc1C(=O)NC(C)c1cccc2ccccc12. The summed E-state index contributed by atoms with van der Waals surface area (Å²) in [5, 5.41) is 5.43. The quantitative estimate of drug-likeness (QED) is 0.708. The number of nitrogens with one attached hydrogen (secondary N) is 1. The van der Waals surface area contributed by atoms with Gasteiger partial charge in [-0.1, -0.05) is 48.5 Å². The lowest BCUT2D eigenvalue weighted by molar-refractivity contribution is 0.0939. The fraction of sp³-hybridized carbons (Fsp3) is 0.227. The predicted molar refractivity (Wildman–Crippen MR) is 106 cm³/mol. The lowest BCUT2D eigenvalue weighted by Crippen LogP contribution is -2.27. The maximum absolute atomic E-state index is 12.8. The van der Waals surface area contributed by atoms with Crippen LogP contribution in [0.2, 0.25) is 0 Å². The van der Waals surface area contributed by atoms with E-state index in [1.54, 1.807) is 6.07 Å². The van der Waals surface area contributed by atoms with E-state index < -0.39 is 0 Å². The molecule has 0 bridgehead atoms. The Hall–Kier alpha value is -2.85. The second-order valence-electron chi connectivity index (χ2n) is 6.38. The van der Waals surface area contributed by atoms with Crippen molar-refractivity contribution in [3.05, 3.63) is 77.4 Å². The first-order valence-electron chi connectivity index (χ1n) is 8.82. The number of rotatable bonds is 6. The minimum absolute atomic E-state index is 0.110. The van der Waals surface area contributed by atoms with Gasteiger partial charge in [-0.3, -0.25) is 4.79 Å². The number of nitrogens with two attached hydrogens (primary N) is 1. The molecule has 3 rings (SSSR count). The number of fused-ring (bicyclic) bond motifs is 1. The molecule has 0 aliphatic rings. The fourth-order valence-corrected chi connectivity index (χ4v) is 3.09. The van der Waals surface area contributed by atoms with E-state index >= 15 is 0 Å². The fourth-order valence-electron chi connectivity index (χ4n) is 3.09. The Morgan fingerprint density at radius 2 is 1.88 bits per heavy atom. The van der Waals surface area contributed by atoms with Crippen molar-refractivity contribution in [1.82, 2.24) is 5.32 Å². The molecule has 4 heteroatoms. The van der Waals surface area contributed by atoms with Crippen LogP contribution in [-0.4, -0.2) is 19.1 Å². The van der Waals surface area contributed by atoms with Crippen LogP contribution in [0, 0.1) is 6.92 Å². The summed E-state index contributed by atoms with van der Waals surface area (Å²) in [5.74, 6) is 0.546. The van der Waals surface area contributed by atoms with Crippen LogP contribution < -0.4 is 15.8 Å². The maximum atomic E-state index is 12.8. The number of hydrogen-bond acceptors (Lipinski definition) is 3. The number of amides is 1. The average Bonchev–Trinajstić information content (AvgIpc) is 2.66. The Morgan fingerprint density at radius 3 is 2.69 bits per heavy atom. The molecular weight excluding hydrogens is 324 g/mol. The minimum atomic E-state index is -0.110. The molecule has 3 N–H and O–H groups in total. The normalized spacial score (nSPS) is 12.0. The number of benzene rings is 3. The van der Waals surface area contributed by atoms with E-state index in [9.17, 15) is 4.79 Å². The largest absolute Gasteiger partial charge is 0.492 e. The number of hydrogen-bond donors (Lipinski definition) is 2.